The predicted molar refractivity (Wildman–Crippen MR) is 108 cm³/mol. The van der Waals surface area contributed by atoms with E-state index < -0.39 is 0 Å². The van der Waals surface area contributed by atoms with Gasteiger partial charge in [-0.05, 0) is 29.8 Å². The Morgan fingerprint density at radius 3 is 2.57 bits per heavy atom. The van der Waals surface area contributed by atoms with Crippen molar-refractivity contribution in [3.05, 3.63) is 53.6 Å². The maximum absolute atomic E-state index is 12.6. The van der Waals surface area contributed by atoms with Gasteiger partial charge in [-0.25, -0.2) is 4.79 Å². The first-order valence-electron chi connectivity index (χ1n) is 8.96. The van der Waals surface area contributed by atoms with Gasteiger partial charge in [-0.3, -0.25) is 0 Å². The van der Waals surface area contributed by atoms with E-state index in [9.17, 15) is 4.79 Å². The number of benzene rings is 2. The number of nitrogens with one attached hydrogen (secondary N) is 1. The van der Waals surface area contributed by atoms with Crippen LogP contribution in [-0.4, -0.2) is 52.5 Å². The highest BCUT2D eigenvalue weighted by atomic mass is 16.5. The van der Waals surface area contributed by atoms with Gasteiger partial charge in [-0.1, -0.05) is 12.1 Å². The smallest absolute Gasteiger partial charge is 0.321 e. The minimum atomic E-state index is -0.213. The zero-order chi connectivity index (χ0) is 20.4. The van der Waals surface area contributed by atoms with E-state index in [0.29, 0.717) is 43.6 Å². The number of nitrogens with zero attached hydrogens (tertiary/aromatic N) is 1. The van der Waals surface area contributed by atoms with Crippen LogP contribution < -0.4 is 14.8 Å². The first-order valence-corrected chi connectivity index (χ1v) is 8.96. The molecule has 0 atom stereocenters. The highest BCUT2D eigenvalue weighted by Gasteiger charge is 2.13. The van der Waals surface area contributed by atoms with Crippen molar-refractivity contribution in [3.8, 4) is 11.5 Å². The molecule has 0 spiro atoms. The van der Waals surface area contributed by atoms with Gasteiger partial charge in [0.2, 0.25) is 0 Å². The number of urea groups is 1. The van der Waals surface area contributed by atoms with E-state index in [2.05, 4.69) is 5.32 Å². The van der Waals surface area contributed by atoms with Crippen LogP contribution in [0, 0.1) is 0 Å². The number of methoxy groups -OCH3 is 3. The summed E-state index contributed by atoms with van der Waals surface area (Å²) in [7, 11) is 6.57. The summed E-state index contributed by atoms with van der Waals surface area (Å²) < 4.78 is 21.1. The molecule has 0 saturated carbocycles. The van der Waals surface area contributed by atoms with Crippen LogP contribution in [0.15, 0.2) is 42.5 Å². The summed E-state index contributed by atoms with van der Waals surface area (Å²) in [6.45, 7) is 1.94. The second kappa shape index (κ2) is 11.2. The number of anilines is 1. The Balaban J connectivity index is 1.95. The molecular weight excluding hydrogens is 360 g/mol. The van der Waals surface area contributed by atoms with Gasteiger partial charge in [-0.15, -0.1) is 0 Å². The molecule has 0 radical (unpaired) electrons. The third-order valence-corrected chi connectivity index (χ3v) is 4.13. The SMILES string of the molecule is COCCOCc1cccc(NC(=O)N(C)Cc2ccc(OC)cc2OC)c1. The molecule has 0 fully saturated rings. The zero-order valence-electron chi connectivity index (χ0n) is 16.9. The first kappa shape index (κ1) is 21.5. The van der Waals surface area contributed by atoms with Gasteiger partial charge in [0.1, 0.15) is 11.5 Å². The van der Waals surface area contributed by atoms with Gasteiger partial charge in [0.15, 0.2) is 0 Å². The van der Waals surface area contributed by atoms with E-state index in [1.165, 1.54) is 0 Å². The first-order chi connectivity index (χ1) is 13.6. The molecule has 2 rings (SSSR count). The van der Waals surface area contributed by atoms with Crippen LogP contribution in [0.1, 0.15) is 11.1 Å². The van der Waals surface area contributed by atoms with Gasteiger partial charge in [-0.2, -0.15) is 0 Å². The Kier molecular flexibility index (Phi) is 8.58. The lowest BCUT2D eigenvalue weighted by Crippen LogP contribution is -2.31. The van der Waals surface area contributed by atoms with E-state index in [-0.39, 0.29) is 6.03 Å². The van der Waals surface area contributed by atoms with Crippen LogP contribution in [0.4, 0.5) is 10.5 Å². The summed E-state index contributed by atoms with van der Waals surface area (Å²) in [5, 5.41) is 2.91. The average molecular weight is 388 g/mol. The fourth-order valence-corrected chi connectivity index (χ4v) is 2.60. The minimum Gasteiger partial charge on any atom is -0.497 e. The van der Waals surface area contributed by atoms with Crippen molar-refractivity contribution in [2.24, 2.45) is 0 Å². The van der Waals surface area contributed by atoms with E-state index in [4.69, 9.17) is 18.9 Å². The Morgan fingerprint density at radius 1 is 1.04 bits per heavy atom. The van der Waals surface area contributed by atoms with Crippen molar-refractivity contribution >= 4 is 11.7 Å². The maximum Gasteiger partial charge on any atom is 0.321 e. The Labute approximate surface area is 166 Å². The number of amides is 2. The standard InChI is InChI=1S/C21H28N2O5/c1-23(14-17-8-9-19(26-3)13-20(17)27-4)21(24)22-18-7-5-6-16(12-18)15-28-11-10-25-2/h5-9,12-13H,10-11,14-15H2,1-4H3,(H,22,24). The summed E-state index contributed by atoms with van der Waals surface area (Å²) in [4.78, 5) is 14.1. The summed E-state index contributed by atoms with van der Waals surface area (Å²) in [6, 6.07) is 12.9. The average Bonchev–Trinajstić information content (AvgIpc) is 2.71. The van der Waals surface area contributed by atoms with Crippen molar-refractivity contribution < 1.29 is 23.7 Å². The van der Waals surface area contributed by atoms with Gasteiger partial charge in [0.05, 0.1) is 40.6 Å². The number of ether oxygens (including phenoxy) is 4. The molecule has 7 heteroatoms. The van der Waals surface area contributed by atoms with Gasteiger partial charge < -0.3 is 29.2 Å². The monoisotopic (exact) mass is 388 g/mol. The molecule has 0 bridgehead atoms. The van der Waals surface area contributed by atoms with Crippen LogP contribution in [0.25, 0.3) is 0 Å². The van der Waals surface area contributed by atoms with Crippen molar-refractivity contribution in [2.45, 2.75) is 13.2 Å². The molecule has 1 N–H and O–H groups in total. The van der Waals surface area contributed by atoms with Crippen molar-refractivity contribution in [1.29, 1.82) is 0 Å². The number of hydrogen-bond donors (Lipinski definition) is 1. The topological polar surface area (TPSA) is 69.3 Å². The molecule has 2 aromatic rings. The summed E-state index contributed by atoms with van der Waals surface area (Å²) in [6.07, 6.45) is 0. The number of carbonyl (C=O) groups is 1. The predicted octanol–water partition coefficient (Wildman–Crippen LogP) is 3.53. The third kappa shape index (κ3) is 6.44. The van der Waals surface area contributed by atoms with Crippen LogP contribution in [0.3, 0.4) is 0 Å². The lowest BCUT2D eigenvalue weighted by Gasteiger charge is -2.20. The summed E-state index contributed by atoms with van der Waals surface area (Å²) in [5.74, 6) is 1.38. The second-order valence-corrected chi connectivity index (χ2v) is 6.21. The number of hydrogen-bond acceptors (Lipinski definition) is 5. The molecule has 0 heterocycles. The second-order valence-electron chi connectivity index (χ2n) is 6.21. The Hall–Kier alpha value is -2.77. The molecule has 152 valence electrons. The molecule has 0 aliphatic heterocycles. The zero-order valence-corrected chi connectivity index (χ0v) is 16.9. The molecule has 2 aromatic carbocycles. The number of rotatable bonds is 10. The molecule has 7 nitrogen and oxygen atoms in total. The van der Waals surface area contributed by atoms with Gasteiger partial charge in [0, 0.05) is 31.5 Å². The molecule has 0 aliphatic carbocycles. The highest BCUT2D eigenvalue weighted by molar-refractivity contribution is 5.89. The van der Waals surface area contributed by atoms with Crippen molar-refractivity contribution in [1.82, 2.24) is 4.90 Å². The highest BCUT2D eigenvalue weighted by Crippen LogP contribution is 2.25. The molecule has 0 aliphatic rings. The van der Waals surface area contributed by atoms with E-state index in [1.807, 2.05) is 36.4 Å². The third-order valence-electron chi connectivity index (χ3n) is 4.13. The van der Waals surface area contributed by atoms with Crippen LogP contribution in [-0.2, 0) is 22.6 Å². The fraction of sp³-hybridized carbons (Fsp3) is 0.381. The van der Waals surface area contributed by atoms with Gasteiger partial charge in [0.25, 0.3) is 0 Å². The van der Waals surface area contributed by atoms with E-state index in [1.54, 1.807) is 39.3 Å². The quantitative estimate of drug-likeness (QED) is 0.631. The maximum atomic E-state index is 12.6. The molecule has 0 aromatic heterocycles. The Morgan fingerprint density at radius 2 is 1.86 bits per heavy atom. The lowest BCUT2D eigenvalue weighted by atomic mass is 10.2. The Bertz CT molecular complexity index is 766. The molecule has 0 saturated heterocycles. The molecule has 2 amide bonds. The van der Waals surface area contributed by atoms with Gasteiger partial charge >= 0.3 is 6.03 Å². The summed E-state index contributed by atoms with van der Waals surface area (Å²) in [5.41, 5.74) is 2.58. The normalized spacial score (nSPS) is 10.4. The molecular formula is C21H28N2O5. The van der Waals surface area contributed by atoms with E-state index >= 15 is 0 Å². The van der Waals surface area contributed by atoms with E-state index in [0.717, 1.165) is 11.1 Å². The van der Waals surface area contributed by atoms with Crippen LogP contribution in [0.2, 0.25) is 0 Å². The fourth-order valence-electron chi connectivity index (χ4n) is 2.60. The minimum absolute atomic E-state index is 0.213. The lowest BCUT2D eigenvalue weighted by molar-refractivity contribution is 0.0617. The van der Waals surface area contributed by atoms with Crippen LogP contribution in [0.5, 0.6) is 11.5 Å². The van der Waals surface area contributed by atoms with Crippen molar-refractivity contribution in [3.63, 3.8) is 0 Å². The number of carbonyl (C=O) groups excluding carboxylic acids is 1. The largest absolute Gasteiger partial charge is 0.497 e. The molecule has 0 unspecified atom stereocenters. The van der Waals surface area contributed by atoms with Crippen molar-refractivity contribution in [2.75, 3.05) is 46.9 Å². The molecule has 28 heavy (non-hydrogen) atoms. The summed E-state index contributed by atoms with van der Waals surface area (Å²) >= 11 is 0. The van der Waals surface area contributed by atoms with Crippen LogP contribution >= 0.6 is 0 Å².